The molecule has 0 spiro atoms. The summed E-state index contributed by atoms with van der Waals surface area (Å²) in [6.45, 7) is 8.32. The van der Waals surface area contributed by atoms with Crippen molar-refractivity contribution in [3.05, 3.63) is 0 Å². The molecule has 0 saturated carbocycles. The third-order valence-electron chi connectivity index (χ3n) is 4.73. The summed E-state index contributed by atoms with van der Waals surface area (Å²) in [4.78, 5) is 0. The molecule has 1 aliphatic heterocycles. The van der Waals surface area contributed by atoms with E-state index in [4.69, 9.17) is 0 Å². The number of sulfonamides is 1. The molecule has 0 aromatic rings. The summed E-state index contributed by atoms with van der Waals surface area (Å²) in [5.74, 6) is 0.559. The SMILES string of the molecule is CCCCCCC(C)(CCC)C1CN(S(C)(=O)=O)C1. The van der Waals surface area contributed by atoms with E-state index in [0.29, 0.717) is 11.3 Å². The van der Waals surface area contributed by atoms with Crippen LogP contribution in [0, 0.1) is 11.3 Å². The fraction of sp³-hybridized carbons (Fsp3) is 1.00. The van der Waals surface area contributed by atoms with E-state index < -0.39 is 10.0 Å². The van der Waals surface area contributed by atoms with Crippen LogP contribution in [0.5, 0.6) is 0 Å². The Labute approximate surface area is 119 Å². The molecule has 3 nitrogen and oxygen atoms in total. The molecule has 0 aromatic carbocycles. The summed E-state index contributed by atoms with van der Waals surface area (Å²) >= 11 is 0. The van der Waals surface area contributed by atoms with Crippen molar-refractivity contribution in [1.82, 2.24) is 4.31 Å². The van der Waals surface area contributed by atoms with E-state index in [1.165, 1.54) is 51.2 Å². The Morgan fingerprint density at radius 2 is 1.68 bits per heavy atom. The molecule has 1 unspecified atom stereocenters. The van der Waals surface area contributed by atoms with Crippen LogP contribution in [0.25, 0.3) is 0 Å². The number of hydrogen-bond acceptors (Lipinski definition) is 2. The van der Waals surface area contributed by atoms with Crippen LogP contribution in [-0.4, -0.2) is 32.1 Å². The lowest BCUT2D eigenvalue weighted by Crippen LogP contribution is -2.55. The van der Waals surface area contributed by atoms with Crippen LogP contribution in [0.1, 0.15) is 65.7 Å². The van der Waals surface area contributed by atoms with Gasteiger partial charge in [0.1, 0.15) is 0 Å². The topological polar surface area (TPSA) is 37.4 Å². The van der Waals surface area contributed by atoms with E-state index in [-0.39, 0.29) is 0 Å². The van der Waals surface area contributed by atoms with Gasteiger partial charge in [-0.25, -0.2) is 12.7 Å². The van der Waals surface area contributed by atoms with Gasteiger partial charge in [-0.3, -0.25) is 0 Å². The highest BCUT2D eigenvalue weighted by Gasteiger charge is 2.43. The first-order valence-corrected chi connectivity index (χ1v) is 9.63. The second-order valence-electron chi connectivity index (χ2n) is 6.49. The van der Waals surface area contributed by atoms with Gasteiger partial charge in [-0.2, -0.15) is 0 Å². The first-order valence-electron chi connectivity index (χ1n) is 7.78. The van der Waals surface area contributed by atoms with Crippen LogP contribution in [0.2, 0.25) is 0 Å². The highest BCUT2D eigenvalue weighted by molar-refractivity contribution is 7.88. The second-order valence-corrected chi connectivity index (χ2v) is 8.47. The van der Waals surface area contributed by atoms with E-state index in [1.54, 1.807) is 4.31 Å². The molecule has 0 aromatic heterocycles. The van der Waals surface area contributed by atoms with Crippen molar-refractivity contribution in [1.29, 1.82) is 0 Å². The molecule has 1 atom stereocenters. The van der Waals surface area contributed by atoms with Crippen LogP contribution in [-0.2, 0) is 10.0 Å². The van der Waals surface area contributed by atoms with Crippen molar-refractivity contribution in [3.63, 3.8) is 0 Å². The summed E-state index contributed by atoms with van der Waals surface area (Å²) in [5.41, 5.74) is 0.337. The molecule has 114 valence electrons. The van der Waals surface area contributed by atoms with E-state index in [1.807, 2.05) is 0 Å². The molecule has 0 amide bonds. The summed E-state index contributed by atoms with van der Waals surface area (Å²) in [6.07, 6.45) is 10.2. The summed E-state index contributed by atoms with van der Waals surface area (Å²) in [5, 5.41) is 0. The number of unbranched alkanes of at least 4 members (excludes halogenated alkanes) is 3. The fourth-order valence-corrected chi connectivity index (χ4v) is 4.11. The molecule has 1 heterocycles. The van der Waals surface area contributed by atoms with Crippen LogP contribution >= 0.6 is 0 Å². The summed E-state index contributed by atoms with van der Waals surface area (Å²) in [7, 11) is -2.97. The van der Waals surface area contributed by atoms with Gasteiger partial charge >= 0.3 is 0 Å². The van der Waals surface area contributed by atoms with Crippen molar-refractivity contribution in [3.8, 4) is 0 Å². The average Bonchev–Trinajstić information content (AvgIpc) is 2.20. The van der Waals surface area contributed by atoms with Crippen LogP contribution < -0.4 is 0 Å². The maximum Gasteiger partial charge on any atom is 0.211 e. The van der Waals surface area contributed by atoms with Gasteiger partial charge in [0.25, 0.3) is 0 Å². The molecule has 1 fully saturated rings. The smallest absolute Gasteiger partial charge is 0.211 e. The van der Waals surface area contributed by atoms with Gasteiger partial charge in [0.2, 0.25) is 10.0 Å². The molecule has 0 N–H and O–H groups in total. The first-order chi connectivity index (χ1) is 8.83. The zero-order valence-electron chi connectivity index (χ0n) is 13.1. The van der Waals surface area contributed by atoms with Gasteiger partial charge < -0.3 is 0 Å². The third kappa shape index (κ3) is 4.75. The molecule has 1 rings (SSSR count). The van der Waals surface area contributed by atoms with Crippen LogP contribution in [0.4, 0.5) is 0 Å². The fourth-order valence-electron chi connectivity index (χ4n) is 3.21. The molecule has 0 radical (unpaired) electrons. The predicted octanol–water partition coefficient (Wildman–Crippen LogP) is 3.65. The van der Waals surface area contributed by atoms with Gasteiger partial charge in [0.15, 0.2) is 0 Å². The zero-order valence-corrected chi connectivity index (χ0v) is 13.9. The van der Waals surface area contributed by atoms with Crippen LogP contribution in [0.3, 0.4) is 0 Å². The minimum atomic E-state index is -2.97. The van der Waals surface area contributed by atoms with E-state index in [2.05, 4.69) is 20.8 Å². The van der Waals surface area contributed by atoms with Gasteiger partial charge in [-0.15, -0.1) is 0 Å². The molecule has 4 heteroatoms. The van der Waals surface area contributed by atoms with E-state index in [9.17, 15) is 8.42 Å². The maximum absolute atomic E-state index is 11.5. The molecule has 1 aliphatic rings. The van der Waals surface area contributed by atoms with Crippen molar-refractivity contribution >= 4 is 10.0 Å². The Kier molecular flexibility index (Phi) is 6.31. The van der Waals surface area contributed by atoms with Gasteiger partial charge in [0, 0.05) is 13.1 Å². The van der Waals surface area contributed by atoms with Crippen molar-refractivity contribution in [2.24, 2.45) is 11.3 Å². The number of nitrogens with zero attached hydrogens (tertiary/aromatic N) is 1. The summed E-state index contributed by atoms with van der Waals surface area (Å²) < 4.78 is 24.6. The minimum Gasteiger partial charge on any atom is -0.213 e. The largest absolute Gasteiger partial charge is 0.213 e. The molecule has 19 heavy (non-hydrogen) atoms. The van der Waals surface area contributed by atoms with Crippen molar-refractivity contribution in [2.45, 2.75) is 65.7 Å². The Hall–Kier alpha value is -0.0900. The van der Waals surface area contributed by atoms with Crippen molar-refractivity contribution < 1.29 is 8.42 Å². The lowest BCUT2D eigenvalue weighted by molar-refractivity contribution is 0.0432. The maximum atomic E-state index is 11.5. The Balaban J connectivity index is 2.48. The Morgan fingerprint density at radius 1 is 1.05 bits per heavy atom. The molecule has 0 bridgehead atoms. The summed E-state index contributed by atoms with van der Waals surface area (Å²) in [6, 6.07) is 0. The molecular weight excluding hydrogens is 258 g/mol. The normalized spacial score (nSPS) is 21.1. The predicted molar refractivity (Wildman–Crippen MR) is 81.7 cm³/mol. The zero-order chi connectivity index (χ0) is 14.5. The first kappa shape index (κ1) is 17.0. The van der Waals surface area contributed by atoms with E-state index in [0.717, 1.165) is 13.1 Å². The third-order valence-corrected chi connectivity index (χ3v) is 5.96. The van der Waals surface area contributed by atoms with E-state index >= 15 is 0 Å². The number of hydrogen-bond donors (Lipinski definition) is 0. The van der Waals surface area contributed by atoms with Gasteiger partial charge in [-0.1, -0.05) is 52.9 Å². The lowest BCUT2D eigenvalue weighted by Gasteiger charge is -2.48. The van der Waals surface area contributed by atoms with Gasteiger partial charge in [0.05, 0.1) is 6.26 Å². The van der Waals surface area contributed by atoms with Crippen molar-refractivity contribution in [2.75, 3.05) is 19.3 Å². The molecule has 0 aliphatic carbocycles. The average molecular weight is 289 g/mol. The van der Waals surface area contributed by atoms with Gasteiger partial charge in [-0.05, 0) is 24.2 Å². The minimum absolute atomic E-state index is 0.337. The molecule has 1 saturated heterocycles. The monoisotopic (exact) mass is 289 g/mol. The lowest BCUT2D eigenvalue weighted by atomic mass is 9.68. The number of rotatable bonds is 9. The standard InChI is InChI=1S/C15H31NO2S/c1-5-7-8-9-11-15(3,10-6-2)14-12-16(13-14)19(4,17)18/h14H,5-13H2,1-4H3. The highest BCUT2D eigenvalue weighted by Crippen LogP contribution is 2.43. The van der Waals surface area contributed by atoms with Crippen LogP contribution in [0.15, 0.2) is 0 Å². The molecular formula is C15H31NO2S. The Bertz CT molecular complexity index is 360. The second kappa shape index (κ2) is 7.07. The quantitative estimate of drug-likeness (QED) is 0.608. The Morgan fingerprint density at radius 3 is 2.16 bits per heavy atom. The highest BCUT2D eigenvalue weighted by atomic mass is 32.2.